The van der Waals surface area contributed by atoms with Crippen molar-refractivity contribution in [2.75, 3.05) is 0 Å². The molecule has 1 aromatic carbocycles. The molecule has 3 heterocycles. The molecule has 7 nitrogen and oxygen atoms in total. The van der Waals surface area contributed by atoms with Crippen LogP contribution in [0.4, 0.5) is 0 Å². The number of carbonyl (C=O) groups is 1. The van der Waals surface area contributed by atoms with Crippen LogP contribution < -0.4 is 5.32 Å². The van der Waals surface area contributed by atoms with E-state index in [1.807, 2.05) is 47.9 Å². The summed E-state index contributed by atoms with van der Waals surface area (Å²) < 4.78 is 7.15. The lowest BCUT2D eigenvalue weighted by atomic mass is 10.2. The van der Waals surface area contributed by atoms with Crippen molar-refractivity contribution in [3.05, 3.63) is 72.6 Å². The first-order chi connectivity index (χ1) is 12.7. The van der Waals surface area contributed by atoms with E-state index in [0.29, 0.717) is 23.7 Å². The molecule has 0 fully saturated rings. The smallest absolute Gasteiger partial charge is 0.251 e. The van der Waals surface area contributed by atoms with E-state index in [1.54, 1.807) is 24.7 Å². The second-order valence-electron chi connectivity index (χ2n) is 6.10. The number of amides is 1. The Balaban J connectivity index is 1.41. The molecule has 0 unspecified atom stereocenters. The minimum absolute atomic E-state index is 0.146. The minimum Gasteiger partial charge on any atom is -0.349 e. The molecule has 0 spiro atoms. The van der Waals surface area contributed by atoms with Crippen molar-refractivity contribution in [1.82, 2.24) is 24.8 Å². The van der Waals surface area contributed by atoms with E-state index in [9.17, 15) is 4.79 Å². The van der Waals surface area contributed by atoms with Crippen LogP contribution in [0.2, 0.25) is 0 Å². The first kappa shape index (κ1) is 16.0. The number of imidazole rings is 1. The van der Waals surface area contributed by atoms with Crippen molar-refractivity contribution in [3.8, 4) is 11.4 Å². The van der Waals surface area contributed by atoms with Crippen LogP contribution in [0.5, 0.6) is 0 Å². The van der Waals surface area contributed by atoms with Gasteiger partial charge in [-0.2, -0.15) is 4.98 Å². The van der Waals surface area contributed by atoms with Crippen LogP contribution in [0, 0.1) is 0 Å². The summed E-state index contributed by atoms with van der Waals surface area (Å²) in [4.78, 5) is 20.9. The number of benzene rings is 1. The Kier molecular flexibility index (Phi) is 4.18. The van der Waals surface area contributed by atoms with Crippen molar-refractivity contribution in [1.29, 1.82) is 0 Å². The SMILES string of the molecule is C[C@H](Cc1nc(-c2ccccc2)no1)NC(=O)c1ccn2cncc2c1. The van der Waals surface area contributed by atoms with E-state index in [4.69, 9.17) is 4.52 Å². The summed E-state index contributed by atoms with van der Waals surface area (Å²) in [6.45, 7) is 1.90. The number of hydrogen-bond acceptors (Lipinski definition) is 5. The van der Waals surface area contributed by atoms with Gasteiger partial charge in [-0.05, 0) is 19.1 Å². The van der Waals surface area contributed by atoms with Gasteiger partial charge in [-0.25, -0.2) is 4.98 Å². The normalized spacial score (nSPS) is 12.2. The van der Waals surface area contributed by atoms with Crippen molar-refractivity contribution < 1.29 is 9.32 Å². The van der Waals surface area contributed by atoms with Gasteiger partial charge in [0, 0.05) is 29.8 Å². The number of aromatic nitrogens is 4. The Labute approximate surface area is 149 Å². The number of rotatable bonds is 5. The summed E-state index contributed by atoms with van der Waals surface area (Å²) in [5.74, 6) is 0.886. The van der Waals surface area contributed by atoms with E-state index in [0.717, 1.165) is 11.1 Å². The Morgan fingerprint density at radius 1 is 1.27 bits per heavy atom. The molecule has 0 aliphatic rings. The molecule has 3 aromatic heterocycles. The van der Waals surface area contributed by atoms with E-state index < -0.39 is 0 Å². The molecule has 1 amide bonds. The van der Waals surface area contributed by atoms with Crippen molar-refractivity contribution >= 4 is 11.4 Å². The van der Waals surface area contributed by atoms with Gasteiger partial charge >= 0.3 is 0 Å². The first-order valence-electron chi connectivity index (χ1n) is 8.29. The van der Waals surface area contributed by atoms with Gasteiger partial charge in [-0.15, -0.1) is 0 Å². The fourth-order valence-corrected chi connectivity index (χ4v) is 2.72. The summed E-state index contributed by atoms with van der Waals surface area (Å²) in [5, 5.41) is 6.95. The minimum atomic E-state index is -0.149. The van der Waals surface area contributed by atoms with Crippen LogP contribution in [-0.4, -0.2) is 31.5 Å². The van der Waals surface area contributed by atoms with Crippen LogP contribution >= 0.6 is 0 Å². The Hall–Kier alpha value is -3.48. The third-order valence-corrected chi connectivity index (χ3v) is 4.03. The fraction of sp³-hybridized carbons (Fsp3) is 0.158. The summed E-state index contributed by atoms with van der Waals surface area (Å²) in [7, 11) is 0. The number of nitrogens with zero attached hydrogens (tertiary/aromatic N) is 4. The standard InChI is InChI=1S/C19H17N5O2/c1-13(9-17-22-18(23-26-17)14-5-3-2-4-6-14)21-19(25)15-7-8-24-12-20-11-16(24)10-15/h2-8,10-13H,9H2,1H3,(H,21,25)/t13-/m1/s1. The molecule has 0 aliphatic carbocycles. The summed E-state index contributed by atoms with van der Waals surface area (Å²) in [6, 6.07) is 13.0. The highest BCUT2D eigenvalue weighted by molar-refractivity contribution is 5.95. The van der Waals surface area contributed by atoms with Crippen molar-refractivity contribution in [3.63, 3.8) is 0 Å². The number of fused-ring (bicyclic) bond motifs is 1. The highest BCUT2D eigenvalue weighted by atomic mass is 16.5. The second-order valence-corrected chi connectivity index (χ2v) is 6.10. The zero-order valence-corrected chi connectivity index (χ0v) is 14.2. The molecule has 0 saturated heterocycles. The number of nitrogens with one attached hydrogen (secondary N) is 1. The summed E-state index contributed by atoms with van der Waals surface area (Å²) in [6.07, 6.45) is 5.68. The van der Waals surface area contributed by atoms with Crippen molar-refractivity contribution in [2.45, 2.75) is 19.4 Å². The summed E-state index contributed by atoms with van der Waals surface area (Å²) >= 11 is 0. The zero-order chi connectivity index (χ0) is 17.9. The number of carbonyl (C=O) groups excluding carboxylic acids is 1. The Bertz CT molecular complexity index is 1040. The van der Waals surface area contributed by atoms with Gasteiger partial charge in [0.15, 0.2) is 0 Å². The second kappa shape index (κ2) is 6.79. The highest BCUT2D eigenvalue weighted by Crippen LogP contribution is 2.15. The molecule has 7 heteroatoms. The van der Waals surface area contributed by atoms with Crippen LogP contribution in [0.1, 0.15) is 23.2 Å². The predicted octanol–water partition coefficient (Wildman–Crippen LogP) is 2.75. The Morgan fingerprint density at radius 2 is 2.12 bits per heavy atom. The quantitative estimate of drug-likeness (QED) is 0.600. The van der Waals surface area contributed by atoms with Gasteiger partial charge in [0.25, 0.3) is 5.91 Å². The summed E-state index contributed by atoms with van der Waals surface area (Å²) in [5.41, 5.74) is 2.35. The lowest BCUT2D eigenvalue weighted by Gasteiger charge is -2.11. The molecular formula is C19H17N5O2. The lowest BCUT2D eigenvalue weighted by Crippen LogP contribution is -2.34. The first-order valence-corrected chi connectivity index (χ1v) is 8.29. The zero-order valence-electron chi connectivity index (χ0n) is 14.2. The third kappa shape index (κ3) is 3.32. The highest BCUT2D eigenvalue weighted by Gasteiger charge is 2.15. The lowest BCUT2D eigenvalue weighted by molar-refractivity contribution is 0.0938. The molecule has 0 radical (unpaired) electrons. The molecule has 130 valence electrons. The van der Waals surface area contributed by atoms with Crippen LogP contribution in [0.25, 0.3) is 16.9 Å². The molecule has 0 bridgehead atoms. The van der Waals surface area contributed by atoms with Crippen LogP contribution in [0.3, 0.4) is 0 Å². The topological polar surface area (TPSA) is 85.3 Å². The molecular weight excluding hydrogens is 330 g/mol. The molecule has 1 N–H and O–H groups in total. The number of pyridine rings is 1. The Morgan fingerprint density at radius 3 is 2.96 bits per heavy atom. The largest absolute Gasteiger partial charge is 0.349 e. The van der Waals surface area contributed by atoms with E-state index in [1.165, 1.54) is 0 Å². The third-order valence-electron chi connectivity index (χ3n) is 4.03. The van der Waals surface area contributed by atoms with Gasteiger partial charge in [0.2, 0.25) is 11.7 Å². The molecule has 4 rings (SSSR count). The van der Waals surface area contributed by atoms with Gasteiger partial charge in [-0.1, -0.05) is 35.5 Å². The number of hydrogen-bond donors (Lipinski definition) is 1. The van der Waals surface area contributed by atoms with E-state index in [-0.39, 0.29) is 11.9 Å². The molecule has 4 aromatic rings. The average molecular weight is 347 g/mol. The maximum atomic E-state index is 12.4. The molecule has 26 heavy (non-hydrogen) atoms. The van der Waals surface area contributed by atoms with Crippen LogP contribution in [0.15, 0.2) is 65.7 Å². The van der Waals surface area contributed by atoms with Gasteiger partial charge < -0.3 is 14.2 Å². The van der Waals surface area contributed by atoms with Gasteiger partial charge in [0.1, 0.15) is 0 Å². The maximum absolute atomic E-state index is 12.4. The van der Waals surface area contributed by atoms with Gasteiger partial charge in [0.05, 0.1) is 18.0 Å². The van der Waals surface area contributed by atoms with E-state index >= 15 is 0 Å². The van der Waals surface area contributed by atoms with E-state index in [2.05, 4.69) is 20.4 Å². The molecule has 1 atom stereocenters. The van der Waals surface area contributed by atoms with Crippen LogP contribution in [-0.2, 0) is 6.42 Å². The van der Waals surface area contributed by atoms with Gasteiger partial charge in [-0.3, -0.25) is 4.79 Å². The van der Waals surface area contributed by atoms with Crippen molar-refractivity contribution in [2.24, 2.45) is 0 Å². The molecule has 0 aliphatic heterocycles. The molecule has 0 saturated carbocycles. The maximum Gasteiger partial charge on any atom is 0.251 e. The predicted molar refractivity (Wildman–Crippen MR) is 95.6 cm³/mol. The fourth-order valence-electron chi connectivity index (χ4n) is 2.72. The average Bonchev–Trinajstić information content (AvgIpc) is 3.30. The monoisotopic (exact) mass is 347 g/mol.